The summed E-state index contributed by atoms with van der Waals surface area (Å²) in [5.74, 6) is 0. The SMILES string of the molecule is C=CCC1=CCNC=C1. The zero-order chi connectivity index (χ0) is 6.53. The molecule has 0 saturated carbocycles. The number of rotatable bonds is 2. The van der Waals surface area contributed by atoms with Crippen molar-refractivity contribution in [2.75, 3.05) is 6.54 Å². The quantitative estimate of drug-likeness (QED) is 0.547. The van der Waals surface area contributed by atoms with E-state index in [9.17, 15) is 0 Å². The van der Waals surface area contributed by atoms with E-state index < -0.39 is 0 Å². The van der Waals surface area contributed by atoms with E-state index in [1.54, 1.807) is 0 Å². The van der Waals surface area contributed by atoms with Crippen molar-refractivity contribution in [3.05, 3.63) is 36.6 Å². The van der Waals surface area contributed by atoms with Crippen molar-refractivity contribution in [3.8, 4) is 0 Å². The fourth-order valence-corrected chi connectivity index (χ4v) is 0.810. The minimum absolute atomic E-state index is 0.958. The maximum atomic E-state index is 3.66. The molecular formula is C8H11N. The molecule has 0 bridgehead atoms. The smallest absolute Gasteiger partial charge is 0.0331 e. The molecule has 0 spiro atoms. The van der Waals surface area contributed by atoms with Gasteiger partial charge in [-0.2, -0.15) is 0 Å². The highest BCUT2D eigenvalue weighted by atomic mass is 14.8. The van der Waals surface area contributed by atoms with Crippen LogP contribution in [0.2, 0.25) is 0 Å². The number of nitrogens with one attached hydrogen (secondary N) is 1. The standard InChI is InChI=1S/C8H11N/c1-2-3-8-4-6-9-7-5-8/h2,4-6,9H,1,3,7H2. The van der Waals surface area contributed by atoms with Crippen molar-refractivity contribution in [2.45, 2.75) is 6.42 Å². The molecule has 1 aliphatic rings. The average molecular weight is 121 g/mol. The van der Waals surface area contributed by atoms with Gasteiger partial charge in [0, 0.05) is 6.54 Å². The molecule has 1 heterocycles. The summed E-state index contributed by atoms with van der Waals surface area (Å²) in [6.07, 6.45) is 9.12. The van der Waals surface area contributed by atoms with Gasteiger partial charge in [0.25, 0.3) is 0 Å². The summed E-state index contributed by atoms with van der Waals surface area (Å²) < 4.78 is 0. The summed E-state index contributed by atoms with van der Waals surface area (Å²) in [4.78, 5) is 0. The van der Waals surface area contributed by atoms with E-state index in [0.717, 1.165) is 13.0 Å². The summed E-state index contributed by atoms with van der Waals surface area (Å²) >= 11 is 0. The summed E-state index contributed by atoms with van der Waals surface area (Å²) in [6.45, 7) is 4.62. The molecule has 0 aromatic heterocycles. The molecule has 0 amide bonds. The second-order valence-electron chi connectivity index (χ2n) is 2.01. The van der Waals surface area contributed by atoms with Crippen LogP contribution in [0.15, 0.2) is 36.6 Å². The van der Waals surface area contributed by atoms with Gasteiger partial charge in [0.2, 0.25) is 0 Å². The molecular weight excluding hydrogens is 110 g/mol. The monoisotopic (exact) mass is 121 g/mol. The molecule has 0 aliphatic carbocycles. The van der Waals surface area contributed by atoms with Crippen molar-refractivity contribution in [2.24, 2.45) is 0 Å². The van der Waals surface area contributed by atoms with Crippen molar-refractivity contribution >= 4 is 0 Å². The highest BCUT2D eigenvalue weighted by Gasteiger charge is 1.91. The topological polar surface area (TPSA) is 12.0 Å². The van der Waals surface area contributed by atoms with Crippen LogP contribution in [-0.4, -0.2) is 6.54 Å². The van der Waals surface area contributed by atoms with Crippen LogP contribution >= 0.6 is 0 Å². The van der Waals surface area contributed by atoms with Gasteiger partial charge in [0.15, 0.2) is 0 Å². The Morgan fingerprint density at radius 1 is 1.78 bits per heavy atom. The third-order valence-electron chi connectivity index (χ3n) is 1.28. The lowest BCUT2D eigenvalue weighted by molar-refractivity contribution is 0.949. The number of hydrogen-bond acceptors (Lipinski definition) is 1. The van der Waals surface area contributed by atoms with Crippen LogP contribution in [0.1, 0.15) is 6.42 Å². The Morgan fingerprint density at radius 2 is 2.67 bits per heavy atom. The third kappa shape index (κ3) is 1.76. The maximum absolute atomic E-state index is 3.66. The van der Waals surface area contributed by atoms with Crippen molar-refractivity contribution in [3.63, 3.8) is 0 Å². The van der Waals surface area contributed by atoms with E-state index >= 15 is 0 Å². The zero-order valence-corrected chi connectivity index (χ0v) is 5.43. The highest BCUT2D eigenvalue weighted by Crippen LogP contribution is 2.04. The fourth-order valence-electron chi connectivity index (χ4n) is 0.810. The van der Waals surface area contributed by atoms with Gasteiger partial charge in [-0.15, -0.1) is 6.58 Å². The van der Waals surface area contributed by atoms with Crippen LogP contribution in [0.25, 0.3) is 0 Å². The lowest BCUT2D eigenvalue weighted by Gasteiger charge is -2.04. The summed E-state index contributed by atoms with van der Waals surface area (Å²) in [5.41, 5.74) is 1.35. The molecule has 1 aliphatic heterocycles. The normalized spacial score (nSPS) is 16.2. The number of allylic oxidation sites excluding steroid dienone is 3. The van der Waals surface area contributed by atoms with E-state index in [0.29, 0.717) is 0 Å². The first-order valence-electron chi connectivity index (χ1n) is 3.13. The molecule has 0 aromatic rings. The molecule has 1 heteroatoms. The maximum Gasteiger partial charge on any atom is 0.0331 e. The first-order chi connectivity index (χ1) is 4.43. The molecule has 1 N–H and O–H groups in total. The van der Waals surface area contributed by atoms with Gasteiger partial charge in [-0.1, -0.05) is 12.2 Å². The van der Waals surface area contributed by atoms with E-state index in [4.69, 9.17) is 0 Å². The zero-order valence-electron chi connectivity index (χ0n) is 5.43. The van der Waals surface area contributed by atoms with Gasteiger partial charge in [0.1, 0.15) is 0 Å². The molecule has 0 saturated heterocycles. The molecule has 1 rings (SSSR count). The van der Waals surface area contributed by atoms with Crippen LogP contribution < -0.4 is 5.32 Å². The van der Waals surface area contributed by atoms with Crippen molar-refractivity contribution < 1.29 is 0 Å². The van der Waals surface area contributed by atoms with E-state index in [1.165, 1.54) is 5.57 Å². The van der Waals surface area contributed by atoms with Gasteiger partial charge in [-0.25, -0.2) is 0 Å². The fraction of sp³-hybridized carbons (Fsp3) is 0.250. The molecule has 9 heavy (non-hydrogen) atoms. The summed E-state index contributed by atoms with van der Waals surface area (Å²) in [6, 6.07) is 0. The molecule has 0 aromatic carbocycles. The van der Waals surface area contributed by atoms with Gasteiger partial charge in [0.05, 0.1) is 0 Å². The summed E-state index contributed by atoms with van der Waals surface area (Å²) in [5, 5.41) is 3.08. The Balaban J connectivity index is 2.47. The Kier molecular flexibility index (Phi) is 2.13. The lowest BCUT2D eigenvalue weighted by Crippen LogP contribution is -2.08. The minimum atomic E-state index is 0.958. The average Bonchev–Trinajstić information content (AvgIpc) is 1.91. The molecule has 0 atom stereocenters. The molecule has 0 fully saturated rings. The first-order valence-corrected chi connectivity index (χ1v) is 3.13. The second-order valence-corrected chi connectivity index (χ2v) is 2.01. The van der Waals surface area contributed by atoms with Crippen molar-refractivity contribution in [1.29, 1.82) is 0 Å². The predicted molar refractivity (Wildman–Crippen MR) is 40.0 cm³/mol. The van der Waals surface area contributed by atoms with Crippen LogP contribution in [0.4, 0.5) is 0 Å². The van der Waals surface area contributed by atoms with Gasteiger partial charge in [-0.05, 0) is 24.3 Å². The Labute approximate surface area is 55.8 Å². The second kappa shape index (κ2) is 3.13. The number of hydrogen-bond donors (Lipinski definition) is 1. The van der Waals surface area contributed by atoms with E-state index in [2.05, 4.69) is 24.0 Å². The minimum Gasteiger partial charge on any atom is -0.387 e. The molecule has 0 unspecified atom stereocenters. The van der Waals surface area contributed by atoms with Gasteiger partial charge < -0.3 is 5.32 Å². The third-order valence-corrected chi connectivity index (χ3v) is 1.28. The van der Waals surface area contributed by atoms with E-state index in [1.807, 2.05) is 12.3 Å². The van der Waals surface area contributed by atoms with Crippen LogP contribution in [-0.2, 0) is 0 Å². The van der Waals surface area contributed by atoms with E-state index in [-0.39, 0.29) is 0 Å². The van der Waals surface area contributed by atoms with Gasteiger partial charge in [-0.3, -0.25) is 0 Å². The Morgan fingerprint density at radius 3 is 3.22 bits per heavy atom. The van der Waals surface area contributed by atoms with Crippen LogP contribution in [0.3, 0.4) is 0 Å². The van der Waals surface area contributed by atoms with Crippen LogP contribution in [0, 0.1) is 0 Å². The van der Waals surface area contributed by atoms with Crippen LogP contribution in [0.5, 0.6) is 0 Å². The predicted octanol–water partition coefficient (Wildman–Crippen LogP) is 1.61. The first kappa shape index (κ1) is 6.14. The lowest BCUT2D eigenvalue weighted by atomic mass is 10.1. The van der Waals surface area contributed by atoms with Crippen molar-refractivity contribution in [1.82, 2.24) is 5.32 Å². The molecule has 48 valence electrons. The highest BCUT2D eigenvalue weighted by molar-refractivity contribution is 5.23. The number of dihydropyridines is 1. The Bertz CT molecular complexity index is 154. The Hall–Kier alpha value is -0.980. The summed E-state index contributed by atoms with van der Waals surface area (Å²) in [7, 11) is 0. The van der Waals surface area contributed by atoms with Gasteiger partial charge >= 0.3 is 0 Å². The largest absolute Gasteiger partial charge is 0.387 e. The molecule has 1 nitrogen and oxygen atoms in total. The molecule has 0 radical (unpaired) electrons.